The lowest BCUT2D eigenvalue weighted by molar-refractivity contribution is -0.144. The molecular weight excluding hydrogens is 244 g/mol. The van der Waals surface area contributed by atoms with E-state index in [4.69, 9.17) is 4.74 Å². The molecule has 5 nitrogen and oxygen atoms in total. The minimum atomic E-state index is -0.321. The summed E-state index contributed by atoms with van der Waals surface area (Å²) in [6.07, 6.45) is 1.26. The highest BCUT2D eigenvalue weighted by Gasteiger charge is 2.13. The lowest BCUT2D eigenvalue weighted by Crippen LogP contribution is -2.15. The van der Waals surface area contributed by atoms with Crippen LogP contribution in [-0.2, 0) is 27.3 Å². The Morgan fingerprint density at radius 1 is 1.21 bits per heavy atom. The highest BCUT2D eigenvalue weighted by Crippen LogP contribution is 2.13. The molecule has 0 fully saturated rings. The van der Waals surface area contributed by atoms with Crippen LogP contribution >= 0.6 is 0 Å². The van der Waals surface area contributed by atoms with Crippen molar-refractivity contribution >= 4 is 11.8 Å². The zero-order chi connectivity index (χ0) is 14.4. The quantitative estimate of drug-likeness (QED) is 0.708. The molecule has 0 radical (unpaired) electrons. The smallest absolute Gasteiger partial charge is 0.306 e. The fourth-order valence-corrected chi connectivity index (χ4v) is 2.12. The number of ketones is 1. The maximum Gasteiger partial charge on any atom is 0.306 e. The van der Waals surface area contributed by atoms with Gasteiger partial charge in [-0.2, -0.15) is 5.10 Å². The van der Waals surface area contributed by atoms with Crippen molar-refractivity contribution in [3.8, 4) is 0 Å². The van der Waals surface area contributed by atoms with Crippen LogP contribution in [0.25, 0.3) is 0 Å². The molecule has 1 heterocycles. The molecule has 0 aliphatic heterocycles. The molecule has 0 bridgehead atoms. The van der Waals surface area contributed by atoms with Crippen LogP contribution in [0.15, 0.2) is 0 Å². The average molecular weight is 266 g/mol. The third kappa shape index (κ3) is 4.19. The van der Waals surface area contributed by atoms with E-state index in [1.165, 1.54) is 5.56 Å². The number of nitrogens with zero attached hydrogens (tertiary/aromatic N) is 2. The SMILES string of the molecule is CCOC(=O)CCC(=O)Cn1nc(C)c(CC)c1C. The summed E-state index contributed by atoms with van der Waals surface area (Å²) >= 11 is 0. The van der Waals surface area contributed by atoms with Crippen molar-refractivity contribution in [3.63, 3.8) is 0 Å². The van der Waals surface area contributed by atoms with Gasteiger partial charge in [-0.3, -0.25) is 14.3 Å². The number of rotatable bonds is 7. The van der Waals surface area contributed by atoms with Crippen molar-refractivity contribution in [3.05, 3.63) is 17.0 Å². The average Bonchev–Trinajstić information content (AvgIpc) is 2.62. The van der Waals surface area contributed by atoms with Crippen LogP contribution in [0.3, 0.4) is 0 Å². The number of esters is 1. The Balaban J connectivity index is 2.55. The van der Waals surface area contributed by atoms with E-state index in [0.717, 1.165) is 17.8 Å². The summed E-state index contributed by atoms with van der Waals surface area (Å²) in [6.45, 7) is 8.32. The van der Waals surface area contributed by atoms with E-state index >= 15 is 0 Å². The fraction of sp³-hybridized carbons (Fsp3) is 0.643. The number of hydrogen-bond acceptors (Lipinski definition) is 4. The van der Waals surface area contributed by atoms with Gasteiger partial charge in [-0.25, -0.2) is 0 Å². The highest BCUT2D eigenvalue weighted by molar-refractivity contribution is 5.82. The number of ether oxygens (including phenoxy) is 1. The molecule has 106 valence electrons. The van der Waals surface area contributed by atoms with Gasteiger partial charge >= 0.3 is 5.97 Å². The van der Waals surface area contributed by atoms with Crippen molar-refractivity contribution in [1.82, 2.24) is 9.78 Å². The number of Topliss-reactive ketones (excluding diaryl/α,β-unsaturated/α-hetero) is 1. The van der Waals surface area contributed by atoms with Crippen molar-refractivity contribution in [2.45, 2.75) is 53.5 Å². The number of aromatic nitrogens is 2. The van der Waals surface area contributed by atoms with Crippen molar-refractivity contribution in [2.75, 3.05) is 6.61 Å². The van der Waals surface area contributed by atoms with Crippen molar-refractivity contribution < 1.29 is 14.3 Å². The molecule has 1 rings (SSSR count). The van der Waals surface area contributed by atoms with Crippen LogP contribution in [0, 0.1) is 13.8 Å². The van der Waals surface area contributed by atoms with Crippen LogP contribution < -0.4 is 0 Å². The Labute approximate surface area is 113 Å². The monoisotopic (exact) mass is 266 g/mol. The molecule has 5 heteroatoms. The summed E-state index contributed by atoms with van der Waals surface area (Å²) in [6, 6.07) is 0. The van der Waals surface area contributed by atoms with Gasteiger partial charge in [0.05, 0.1) is 25.3 Å². The second kappa shape index (κ2) is 7.07. The first-order valence-corrected chi connectivity index (χ1v) is 6.69. The molecule has 0 unspecified atom stereocenters. The van der Waals surface area contributed by atoms with E-state index in [-0.39, 0.29) is 31.1 Å². The molecule has 0 saturated heterocycles. The number of hydrogen-bond donors (Lipinski definition) is 0. The molecule has 0 aliphatic carbocycles. The minimum Gasteiger partial charge on any atom is -0.466 e. The van der Waals surface area contributed by atoms with Crippen LogP contribution in [0.1, 0.15) is 43.6 Å². The molecule has 1 aromatic rings. The molecule has 0 atom stereocenters. The predicted octanol–water partition coefficient (Wildman–Crippen LogP) is 1.97. The molecule has 0 spiro atoms. The first-order valence-electron chi connectivity index (χ1n) is 6.69. The highest BCUT2D eigenvalue weighted by atomic mass is 16.5. The van der Waals surface area contributed by atoms with Gasteiger partial charge in [0, 0.05) is 12.1 Å². The Kier molecular flexibility index (Phi) is 5.73. The molecular formula is C14H22N2O3. The maximum absolute atomic E-state index is 11.8. The van der Waals surface area contributed by atoms with Gasteiger partial charge in [-0.05, 0) is 32.8 Å². The normalized spacial score (nSPS) is 10.5. The molecule has 0 N–H and O–H groups in total. The standard InChI is InChI=1S/C14H22N2O3/c1-5-13-10(3)15-16(11(13)4)9-12(17)7-8-14(18)19-6-2/h5-9H2,1-4H3. The summed E-state index contributed by atoms with van der Waals surface area (Å²) in [5.74, 6) is -0.320. The first kappa shape index (κ1) is 15.4. The molecule has 0 amide bonds. The van der Waals surface area contributed by atoms with E-state index in [2.05, 4.69) is 12.0 Å². The van der Waals surface area contributed by atoms with Gasteiger partial charge < -0.3 is 4.74 Å². The molecule has 1 aromatic heterocycles. The van der Waals surface area contributed by atoms with Crippen molar-refractivity contribution in [1.29, 1.82) is 0 Å². The maximum atomic E-state index is 11.8. The van der Waals surface area contributed by atoms with E-state index in [1.54, 1.807) is 11.6 Å². The number of aryl methyl sites for hydroxylation is 1. The first-order chi connectivity index (χ1) is 8.99. The Morgan fingerprint density at radius 2 is 1.89 bits per heavy atom. The van der Waals surface area contributed by atoms with E-state index in [9.17, 15) is 9.59 Å². The van der Waals surface area contributed by atoms with Crippen molar-refractivity contribution in [2.24, 2.45) is 0 Å². The zero-order valence-corrected chi connectivity index (χ0v) is 12.2. The summed E-state index contributed by atoms with van der Waals surface area (Å²) < 4.78 is 6.52. The van der Waals surface area contributed by atoms with Gasteiger partial charge in [-0.1, -0.05) is 6.92 Å². The summed E-state index contributed by atoms with van der Waals surface area (Å²) in [4.78, 5) is 23.0. The van der Waals surface area contributed by atoms with Crippen LogP contribution in [0.4, 0.5) is 0 Å². The minimum absolute atomic E-state index is 0.00121. The van der Waals surface area contributed by atoms with Gasteiger partial charge in [0.15, 0.2) is 5.78 Å². The van der Waals surface area contributed by atoms with Gasteiger partial charge in [0.25, 0.3) is 0 Å². The predicted molar refractivity (Wildman–Crippen MR) is 72.0 cm³/mol. The number of carbonyl (C=O) groups excluding carboxylic acids is 2. The topological polar surface area (TPSA) is 61.2 Å². The Bertz CT molecular complexity index is 464. The Hall–Kier alpha value is -1.65. The lowest BCUT2D eigenvalue weighted by atomic mass is 10.1. The van der Waals surface area contributed by atoms with Gasteiger partial charge in [-0.15, -0.1) is 0 Å². The second-order valence-electron chi connectivity index (χ2n) is 4.50. The summed E-state index contributed by atoms with van der Waals surface area (Å²) in [5.41, 5.74) is 3.20. The molecule has 0 aliphatic rings. The van der Waals surface area contributed by atoms with Crippen LogP contribution in [-0.4, -0.2) is 28.1 Å². The third-order valence-corrected chi connectivity index (χ3v) is 3.12. The van der Waals surface area contributed by atoms with Crippen LogP contribution in [0.5, 0.6) is 0 Å². The molecule has 19 heavy (non-hydrogen) atoms. The molecule has 0 saturated carbocycles. The Morgan fingerprint density at radius 3 is 2.42 bits per heavy atom. The van der Waals surface area contributed by atoms with Gasteiger partial charge in [0.1, 0.15) is 0 Å². The van der Waals surface area contributed by atoms with Crippen LogP contribution in [0.2, 0.25) is 0 Å². The summed E-state index contributed by atoms with van der Waals surface area (Å²) in [5, 5.41) is 4.36. The largest absolute Gasteiger partial charge is 0.466 e. The number of carbonyl (C=O) groups is 2. The second-order valence-corrected chi connectivity index (χ2v) is 4.50. The zero-order valence-electron chi connectivity index (χ0n) is 12.2. The molecule has 0 aromatic carbocycles. The van der Waals surface area contributed by atoms with E-state index < -0.39 is 0 Å². The van der Waals surface area contributed by atoms with Gasteiger partial charge in [0.2, 0.25) is 0 Å². The summed E-state index contributed by atoms with van der Waals surface area (Å²) in [7, 11) is 0. The third-order valence-electron chi connectivity index (χ3n) is 3.12. The lowest BCUT2D eigenvalue weighted by Gasteiger charge is -2.04. The van der Waals surface area contributed by atoms with E-state index in [1.807, 2.05) is 13.8 Å². The van der Waals surface area contributed by atoms with E-state index in [0.29, 0.717) is 6.61 Å². The fourth-order valence-electron chi connectivity index (χ4n) is 2.12.